The Morgan fingerprint density at radius 1 is 1.42 bits per heavy atom. The largest absolute Gasteiger partial charge is 0.339 e. The van der Waals surface area contributed by atoms with Crippen molar-refractivity contribution in [1.82, 2.24) is 9.80 Å². The van der Waals surface area contributed by atoms with Crippen molar-refractivity contribution >= 4 is 5.96 Å². The zero-order valence-electron chi connectivity index (χ0n) is 8.12. The van der Waals surface area contributed by atoms with E-state index < -0.39 is 0 Å². The van der Waals surface area contributed by atoms with Gasteiger partial charge in [-0.3, -0.25) is 4.99 Å². The third-order valence-electron chi connectivity index (χ3n) is 2.07. The Kier molecular flexibility index (Phi) is 3.14. The molecule has 0 amide bonds. The number of nitrogens with zero attached hydrogens (tertiary/aromatic N) is 3. The Balaban J connectivity index is 2.78. The molecule has 0 aromatic heterocycles. The monoisotopic (exact) mass is 167 g/mol. The van der Waals surface area contributed by atoms with Gasteiger partial charge in [-0.15, -0.1) is 0 Å². The standard InChI is InChI=1S/C9H17N3/c1-4-11-7-6-8-12(5-2)9(11)10-3/h6-7H,4-5,8H2,1-3H3/b10-9-. The molecular weight excluding hydrogens is 150 g/mol. The van der Waals surface area contributed by atoms with Crippen molar-refractivity contribution in [3.8, 4) is 0 Å². The van der Waals surface area contributed by atoms with Crippen LogP contribution in [-0.2, 0) is 0 Å². The maximum absolute atomic E-state index is 4.27. The van der Waals surface area contributed by atoms with Crippen LogP contribution in [0.2, 0.25) is 0 Å². The van der Waals surface area contributed by atoms with E-state index in [2.05, 4.69) is 40.9 Å². The second-order valence-corrected chi connectivity index (χ2v) is 2.73. The molecule has 0 saturated carbocycles. The number of hydrogen-bond donors (Lipinski definition) is 0. The first-order chi connectivity index (χ1) is 5.83. The summed E-state index contributed by atoms with van der Waals surface area (Å²) < 4.78 is 0. The lowest BCUT2D eigenvalue weighted by atomic mass is 10.4. The highest BCUT2D eigenvalue weighted by Gasteiger charge is 2.15. The van der Waals surface area contributed by atoms with Crippen molar-refractivity contribution in [2.24, 2.45) is 4.99 Å². The molecule has 0 spiro atoms. The number of guanidine groups is 1. The van der Waals surface area contributed by atoms with Gasteiger partial charge in [0.25, 0.3) is 0 Å². The molecule has 1 rings (SSSR count). The van der Waals surface area contributed by atoms with Crippen LogP contribution in [0.5, 0.6) is 0 Å². The minimum atomic E-state index is 0.986. The maximum atomic E-state index is 4.27. The molecule has 0 saturated heterocycles. The molecule has 1 heterocycles. The van der Waals surface area contributed by atoms with Crippen LogP contribution in [0.3, 0.4) is 0 Å². The van der Waals surface area contributed by atoms with Gasteiger partial charge in [-0.25, -0.2) is 0 Å². The summed E-state index contributed by atoms with van der Waals surface area (Å²) in [6.07, 6.45) is 4.27. The molecule has 0 atom stereocenters. The molecule has 3 nitrogen and oxygen atoms in total. The van der Waals surface area contributed by atoms with Crippen LogP contribution in [0, 0.1) is 0 Å². The predicted octanol–water partition coefficient (Wildman–Crippen LogP) is 1.14. The van der Waals surface area contributed by atoms with Crippen molar-refractivity contribution in [1.29, 1.82) is 0 Å². The van der Waals surface area contributed by atoms with Crippen LogP contribution in [0.1, 0.15) is 13.8 Å². The highest BCUT2D eigenvalue weighted by atomic mass is 15.4. The van der Waals surface area contributed by atoms with Crippen LogP contribution >= 0.6 is 0 Å². The van der Waals surface area contributed by atoms with Gasteiger partial charge in [-0.05, 0) is 19.9 Å². The fraction of sp³-hybridized carbons (Fsp3) is 0.667. The summed E-state index contributed by atoms with van der Waals surface area (Å²) in [5.41, 5.74) is 0. The zero-order chi connectivity index (χ0) is 8.97. The second-order valence-electron chi connectivity index (χ2n) is 2.73. The molecule has 0 fully saturated rings. The van der Waals surface area contributed by atoms with Crippen molar-refractivity contribution < 1.29 is 0 Å². The van der Waals surface area contributed by atoms with Gasteiger partial charge in [0.1, 0.15) is 0 Å². The highest BCUT2D eigenvalue weighted by molar-refractivity contribution is 5.82. The van der Waals surface area contributed by atoms with Crippen molar-refractivity contribution in [3.05, 3.63) is 12.3 Å². The molecule has 68 valence electrons. The quantitative estimate of drug-likeness (QED) is 0.614. The minimum absolute atomic E-state index is 0.986. The highest BCUT2D eigenvalue weighted by Crippen LogP contribution is 2.05. The first-order valence-corrected chi connectivity index (χ1v) is 4.48. The molecular formula is C9H17N3. The van der Waals surface area contributed by atoms with Crippen LogP contribution in [0.4, 0.5) is 0 Å². The number of aliphatic imine (C=N–C) groups is 1. The molecule has 1 aliphatic rings. The Labute approximate surface area is 74.4 Å². The summed E-state index contributed by atoms with van der Waals surface area (Å²) in [6, 6.07) is 0. The fourth-order valence-electron chi connectivity index (χ4n) is 1.42. The Morgan fingerprint density at radius 3 is 2.67 bits per heavy atom. The summed E-state index contributed by atoms with van der Waals surface area (Å²) in [6.45, 7) is 7.28. The van der Waals surface area contributed by atoms with E-state index >= 15 is 0 Å². The van der Waals surface area contributed by atoms with Crippen LogP contribution < -0.4 is 0 Å². The lowest BCUT2D eigenvalue weighted by Crippen LogP contribution is -2.44. The average molecular weight is 167 g/mol. The summed E-state index contributed by atoms with van der Waals surface area (Å²) in [5.74, 6) is 1.09. The van der Waals surface area contributed by atoms with E-state index in [1.54, 1.807) is 0 Å². The van der Waals surface area contributed by atoms with Crippen molar-refractivity contribution in [3.63, 3.8) is 0 Å². The second kappa shape index (κ2) is 4.14. The SMILES string of the molecule is CCN1C=CCN(CC)/C1=N\C. The van der Waals surface area contributed by atoms with Gasteiger partial charge in [0.05, 0.1) is 0 Å². The topological polar surface area (TPSA) is 18.8 Å². The summed E-state index contributed by atoms with van der Waals surface area (Å²) in [5, 5.41) is 0. The van der Waals surface area contributed by atoms with Crippen LogP contribution in [0.25, 0.3) is 0 Å². The molecule has 0 unspecified atom stereocenters. The number of rotatable bonds is 2. The summed E-state index contributed by atoms with van der Waals surface area (Å²) in [7, 11) is 1.85. The lowest BCUT2D eigenvalue weighted by molar-refractivity contribution is 0.385. The van der Waals surface area contributed by atoms with Gasteiger partial charge < -0.3 is 9.80 Å². The van der Waals surface area contributed by atoms with Gasteiger partial charge in [0, 0.05) is 32.9 Å². The smallest absolute Gasteiger partial charge is 0.200 e. The van der Waals surface area contributed by atoms with Gasteiger partial charge in [0.2, 0.25) is 5.96 Å². The lowest BCUT2D eigenvalue weighted by Gasteiger charge is -2.33. The Hall–Kier alpha value is -0.990. The Morgan fingerprint density at radius 2 is 2.17 bits per heavy atom. The van der Waals surface area contributed by atoms with E-state index in [9.17, 15) is 0 Å². The fourth-order valence-corrected chi connectivity index (χ4v) is 1.42. The number of hydrogen-bond acceptors (Lipinski definition) is 1. The molecule has 0 bridgehead atoms. The molecule has 0 aromatic carbocycles. The molecule has 0 N–H and O–H groups in total. The van der Waals surface area contributed by atoms with Crippen molar-refractivity contribution in [2.75, 3.05) is 26.7 Å². The molecule has 12 heavy (non-hydrogen) atoms. The molecule has 0 radical (unpaired) electrons. The van der Waals surface area contributed by atoms with Gasteiger partial charge in [-0.2, -0.15) is 0 Å². The van der Waals surface area contributed by atoms with E-state index in [4.69, 9.17) is 0 Å². The first kappa shape index (κ1) is 9.10. The Bertz CT molecular complexity index is 196. The van der Waals surface area contributed by atoms with Gasteiger partial charge in [0.15, 0.2) is 0 Å². The van der Waals surface area contributed by atoms with E-state index in [-0.39, 0.29) is 0 Å². The van der Waals surface area contributed by atoms with Gasteiger partial charge >= 0.3 is 0 Å². The molecule has 0 aromatic rings. The van der Waals surface area contributed by atoms with E-state index in [1.165, 1.54) is 0 Å². The molecule has 0 aliphatic carbocycles. The summed E-state index contributed by atoms with van der Waals surface area (Å²) in [4.78, 5) is 8.68. The first-order valence-electron chi connectivity index (χ1n) is 4.48. The van der Waals surface area contributed by atoms with E-state index in [0.717, 1.165) is 25.6 Å². The van der Waals surface area contributed by atoms with Crippen LogP contribution in [0.15, 0.2) is 17.3 Å². The third kappa shape index (κ3) is 1.60. The average Bonchev–Trinajstić information content (AvgIpc) is 2.16. The maximum Gasteiger partial charge on any atom is 0.200 e. The van der Waals surface area contributed by atoms with Crippen LogP contribution in [-0.4, -0.2) is 42.4 Å². The van der Waals surface area contributed by atoms with Gasteiger partial charge in [-0.1, -0.05) is 0 Å². The zero-order valence-corrected chi connectivity index (χ0v) is 8.12. The summed E-state index contributed by atoms with van der Waals surface area (Å²) >= 11 is 0. The normalized spacial score (nSPS) is 20.8. The minimum Gasteiger partial charge on any atom is -0.339 e. The number of likely N-dealkylation sites (N-methyl/N-ethyl adjacent to an activating group) is 1. The molecule has 1 aliphatic heterocycles. The molecule has 3 heteroatoms. The van der Waals surface area contributed by atoms with E-state index in [1.807, 2.05) is 7.05 Å². The predicted molar refractivity (Wildman–Crippen MR) is 52.1 cm³/mol. The third-order valence-corrected chi connectivity index (χ3v) is 2.07. The van der Waals surface area contributed by atoms with Crippen molar-refractivity contribution in [2.45, 2.75) is 13.8 Å². The van der Waals surface area contributed by atoms with E-state index in [0.29, 0.717) is 0 Å².